The molecule has 8 heteroatoms. The Labute approximate surface area is 194 Å². The van der Waals surface area contributed by atoms with E-state index in [0.29, 0.717) is 21.6 Å². The molecule has 3 N–H and O–H groups in total. The fourth-order valence-electron chi connectivity index (χ4n) is 2.73. The Kier molecular flexibility index (Phi) is 6.92. The van der Waals surface area contributed by atoms with Crippen molar-refractivity contribution in [2.24, 2.45) is 0 Å². The van der Waals surface area contributed by atoms with Crippen molar-refractivity contribution in [3.63, 3.8) is 0 Å². The van der Waals surface area contributed by atoms with Crippen molar-refractivity contribution < 1.29 is 14.0 Å². The van der Waals surface area contributed by atoms with Gasteiger partial charge >= 0.3 is 0 Å². The number of rotatable bonds is 4. The molecule has 160 valence electrons. The lowest BCUT2D eigenvalue weighted by Crippen LogP contribution is -2.33. The standard InChI is InChI=1S/C23H22BrN3O3S/c1-23(2,3)15-6-4-14(5-7-15)20(28)25-16-8-10-17(11-9-16)26-22(31)27-21(29)18-12-13-19(24)30-18/h4-13H,1-3H3,(H,25,28)(H2,26,27,29,31). The molecule has 1 heterocycles. The van der Waals surface area contributed by atoms with Gasteiger partial charge in [-0.3, -0.25) is 14.9 Å². The number of amides is 2. The summed E-state index contributed by atoms with van der Waals surface area (Å²) in [5.74, 6) is -0.497. The summed E-state index contributed by atoms with van der Waals surface area (Å²) in [5, 5.41) is 8.45. The molecule has 0 aliphatic carbocycles. The number of carbonyl (C=O) groups excluding carboxylic acids is 2. The summed E-state index contributed by atoms with van der Waals surface area (Å²) >= 11 is 8.30. The van der Waals surface area contributed by atoms with Crippen LogP contribution >= 0.6 is 28.1 Å². The highest BCUT2D eigenvalue weighted by Crippen LogP contribution is 2.22. The van der Waals surface area contributed by atoms with Crippen LogP contribution in [0.1, 0.15) is 47.2 Å². The number of carbonyl (C=O) groups is 2. The molecule has 0 bridgehead atoms. The molecule has 0 aliphatic rings. The zero-order valence-corrected chi connectivity index (χ0v) is 19.7. The second-order valence-electron chi connectivity index (χ2n) is 7.87. The van der Waals surface area contributed by atoms with Gasteiger partial charge in [0.25, 0.3) is 11.8 Å². The minimum Gasteiger partial charge on any atom is -0.444 e. The zero-order valence-electron chi connectivity index (χ0n) is 17.3. The van der Waals surface area contributed by atoms with Gasteiger partial charge in [0.15, 0.2) is 15.5 Å². The molecule has 0 unspecified atom stereocenters. The second-order valence-corrected chi connectivity index (χ2v) is 9.06. The number of furan rings is 1. The van der Waals surface area contributed by atoms with Gasteiger partial charge < -0.3 is 15.1 Å². The molecule has 3 aromatic rings. The summed E-state index contributed by atoms with van der Waals surface area (Å²) in [5.41, 5.74) is 3.10. The summed E-state index contributed by atoms with van der Waals surface area (Å²) in [6.07, 6.45) is 0. The number of nitrogens with one attached hydrogen (secondary N) is 3. The topological polar surface area (TPSA) is 83.4 Å². The van der Waals surface area contributed by atoms with Crippen molar-refractivity contribution in [3.8, 4) is 0 Å². The summed E-state index contributed by atoms with van der Waals surface area (Å²) in [6.45, 7) is 6.39. The number of halogens is 1. The largest absolute Gasteiger partial charge is 0.444 e. The first-order chi connectivity index (χ1) is 14.6. The van der Waals surface area contributed by atoms with Crippen LogP contribution in [0.2, 0.25) is 0 Å². The van der Waals surface area contributed by atoms with E-state index in [1.165, 1.54) is 11.6 Å². The predicted molar refractivity (Wildman–Crippen MR) is 130 cm³/mol. The van der Waals surface area contributed by atoms with Gasteiger partial charge in [0.2, 0.25) is 0 Å². The van der Waals surface area contributed by atoms with Crippen LogP contribution in [0.15, 0.2) is 69.8 Å². The molecule has 0 fully saturated rings. The monoisotopic (exact) mass is 499 g/mol. The first-order valence-electron chi connectivity index (χ1n) is 9.51. The highest BCUT2D eigenvalue weighted by atomic mass is 79.9. The van der Waals surface area contributed by atoms with Crippen LogP contribution in [0.5, 0.6) is 0 Å². The molecule has 0 spiro atoms. The first-order valence-corrected chi connectivity index (χ1v) is 10.7. The molecule has 0 saturated heterocycles. The smallest absolute Gasteiger partial charge is 0.293 e. The van der Waals surface area contributed by atoms with Crippen LogP contribution in [0, 0.1) is 0 Å². The highest BCUT2D eigenvalue weighted by Gasteiger charge is 2.15. The van der Waals surface area contributed by atoms with E-state index in [9.17, 15) is 9.59 Å². The third kappa shape index (κ3) is 6.26. The number of anilines is 2. The maximum atomic E-state index is 12.5. The fourth-order valence-corrected chi connectivity index (χ4v) is 3.24. The Morgan fingerprint density at radius 2 is 1.42 bits per heavy atom. The quantitative estimate of drug-likeness (QED) is 0.400. The highest BCUT2D eigenvalue weighted by molar-refractivity contribution is 9.10. The van der Waals surface area contributed by atoms with Crippen molar-refractivity contribution in [1.82, 2.24) is 5.32 Å². The Morgan fingerprint density at radius 1 is 0.839 bits per heavy atom. The summed E-state index contributed by atoms with van der Waals surface area (Å²) in [7, 11) is 0. The minimum absolute atomic E-state index is 0.0344. The molecule has 3 rings (SSSR count). The second kappa shape index (κ2) is 9.45. The number of thiocarbonyl (C=S) groups is 1. The lowest BCUT2D eigenvalue weighted by molar-refractivity contribution is 0.0948. The molecule has 1 aromatic heterocycles. The van der Waals surface area contributed by atoms with E-state index in [4.69, 9.17) is 16.6 Å². The van der Waals surface area contributed by atoms with E-state index in [-0.39, 0.29) is 22.2 Å². The molecule has 0 aliphatic heterocycles. The van der Waals surface area contributed by atoms with E-state index >= 15 is 0 Å². The van der Waals surface area contributed by atoms with E-state index in [0.717, 1.165) is 0 Å². The van der Waals surface area contributed by atoms with Crippen molar-refractivity contribution in [3.05, 3.63) is 82.2 Å². The first kappa shape index (κ1) is 22.7. The molecule has 0 radical (unpaired) electrons. The Morgan fingerprint density at radius 3 is 1.94 bits per heavy atom. The summed E-state index contributed by atoms with van der Waals surface area (Å²) in [6, 6.07) is 17.7. The average Bonchev–Trinajstić information content (AvgIpc) is 3.15. The molecule has 2 aromatic carbocycles. The van der Waals surface area contributed by atoms with Crippen LogP contribution < -0.4 is 16.0 Å². The molecule has 0 saturated carbocycles. The Balaban J connectivity index is 1.55. The predicted octanol–water partition coefficient (Wildman–Crippen LogP) is 5.72. The van der Waals surface area contributed by atoms with Crippen molar-refractivity contribution >= 4 is 56.4 Å². The lowest BCUT2D eigenvalue weighted by Gasteiger charge is -2.19. The molecule has 0 atom stereocenters. The molecular weight excluding hydrogens is 478 g/mol. The van der Waals surface area contributed by atoms with Gasteiger partial charge in [-0.25, -0.2) is 0 Å². The third-order valence-electron chi connectivity index (χ3n) is 4.44. The Bertz CT molecular complexity index is 1100. The average molecular weight is 500 g/mol. The molecule has 6 nitrogen and oxygen atoms in total. The minimum atomic E-state index is -0.454. The van der Waals surface area contributed by atoms with Crippen LogP contribution in [0.4, 0.5) is 11.4 Å². The Hall–Kier alpha value is -2.97. The molecular formula is C23H22BrN3O3S. The van der Waals surface area contributed by atoms with Crippen LogP contribution in [0.25, 0.3) is 0 Å². The maximum absolute atomic E-state index is 12.5. The van der Waals surface area contributed by atoms with Gasteiger partial charge in [0.05, 0.1) is 0 Å². The number of hydrogen-bond donors (Lipinski definition) is 3. The molecule has 2 amide bonds. The van der Waals surface area contributed by atoms with E-state index in [1.54, 1.807) is 30.3 Å². The molecule has 31 heavy (non-hydrogen) atoms. The van der Waals surface area contributed by atoms with Gasteiger partial charge in [-0.1, -0.05) is 32.9 Å². The van der Waals surface area contributed by atoms with Crippen molar-refractivity contribution in [2.75, 3.05) is 10.6 Å². The third-order valence-corrected chi connectivity index (χ3v) is 5.07. The normalized spacial score (nSPS) is 11.0. The van der Waals surface area contributed by atoms with Crippen LogP contribution in [-0.2, 0) is 5.41 Å². The summed E-state index contributed by atoms with van der Waals surface area (Å²) < 4.78 is 5.64. The van der Waals surface area contributed by atoms with Crippen LogP contribution in [0.3, 0.4) is 0 Å². The number of hydrogen-bond acceptors (Lipinski definition) is 4. The number of benzene rings is 2. The zero-order chi connectivity index (χ0) is 22.6. The SMILES string of the molecule is CC(C)(C)c1ccc(C(=O)Nc2ccc(NC(=S)NC(=O)c3ccc(Br)o3)cc2)cc1. The van der Waals surface area contributed by atoms with Gasteiger partial charge in [-0.15, -0.1) is 0 Å². The van der Waals surface area contributed by atoms with E-state index in [2.05, 4.69) is 52.7 Å². The fraction of sp³-hybridized carbons (Fsp3) is 0.174. The summed E-state index contributed by atoms with van der Waals surface area (Å²) in [4.78, 5) is 24.5. The van der Waals surface area contributed by atoms with Crippen LogP contribution in [-0.4, -0.2) is 16.9 Å². The lowest BCUT2D eigenvalue weighted by atomic mass is 9.87. The van der Waals surface area contributed by atoms with Gasteiger partial charge in [-0.05, 0) is 87.7 Å². The van der Waals surface area contributed by atoms with Crippen molar-refractivity contribution in [1.29, 1.82) is 0 Å². The van der Waals surface area contributed by atoms with E-state index < -0.39 is 5.91 Å². The van der Waals surface area contributed by atoms with Gasteiger partial charge in [-0.2, -0.15) is 0 Å². The van der Waals surface area contributed by atoms with Crippen molar-refractivity contribution in [2.45, 2.75) is 26.2 Å². The van der Waals surface area contributed by atoms with E-state index in [1.807, 2.05) is 24.3 Å². The maximum Gasteiger partial charge on any atom is 0.293 e. The van der Waals surface area contributed by atoms with Gasteiger partial charge in [0, 0.05) is 16.9 Å². The van der Waals surface area contributed by atoms with Gasteiger partial charge in [0.1, 0.15) is 0 Å².